The second-order valence-corrected chi connectivity index (χ2v) is 10.3. The number of aliphatic hydroxyl groups is 1. The zero-order valence-electron chi connectivity index (χ0n) is 22.4. The van der Waals surface area contributed by atoms with Gasteiger partial charge in [-0.1, -0.05) is 18.7 Å². The summed E-state index contributed by atoms with van der Waals surface area (Å²) in [6, 6.07) is 4.97. The standard InChI is InChI=1S/C29H38O7/c1-9-14-34-24-17(2)18(3)25-21(19(24)4)12-13-29(7,36-25)16-35-22-11-10-20(15-23(22)33-8)26(30)28(5,6)27(31)32/h9-11,15,26,30H,1,12-14,16H2,2-8H3,(H,31,32). The highest BCUT2D eigenvalue weighted by molar-refractivity contribution is 5.74. The zero-order chi connectivity index (χ0) is 26.8. The van der Waals surface area contributed by atoms with Crippen LogP contribution in [0, 0.1) is 26.2 Å². The molecule has 3 rings (SSSR count). The van der Waals surface area contributed by atoms with E-state index >= 15 is 0 Å². The van der Waals surface area contributed by atoms with Gasteiger partial charge in [0.15, 0.2) is 11.5 Å². The van der Waals surface area contributed by atoms with Crippen LogP contribution in [0.5, 0.6) is 23.0 Å². The van der Waals surface area contributed by atoms with Crippen molar-refractivity contribution in [3.63, 3.8) is 0 Å². The molecule has 2 aromatic carbocycles. The number of hydrogen-bond donors (Lipinski definition) is 2. The third kappa shape index (κ3) is 5.16. The first-order valence-corrected chi connectivity index (χ1v) is 12.1. The SMILES string of the molecule is C=CCOc1c(C)c(C)c2c(c1C)CCC(C)(COc1ccc(C(O)C(C)(C)C(=O)O)cc1OC)O2. The molecule has 36 heavy (non-hydrogen) atoms. The molecule has 0 spiro atoms. The van der Waals surface area contributed by atoms with Crippen LogP contribution >= 0.6 is 0 Å². The molecule has 0 amide bonds. The zero-order valence-corrected chi connectivity index (χ0v) is 22.4. The number of aliphatic hydroxyl groups excluding tert-OH is 1. The highest BCUT2D eigenvalue weighted by atomic mass is 16.6. The Morgan fingerprint density at radius 3 is 2.50 bits per heavy atom. The maximum absolute atomic E-state index is 11.5. The van der Waals surface area contributed by atoms with Crippen molar-refractivity contribution in [2.75, 3.05) is 20.3 Å². The average Bonchev–Trinajstić information content (AvgIpc) is 2.85. The summed E-state index contributed by atoms with van der Waals surface area (Å²) in [7, 11) is 1.51. The van der Waals surface area contributed by atoms with Crippen molar-refractivity contribution in [1.29, 1.82) is 0 Å². The topological polar surface area (TPSA) is 94.5 Å². The summed E-state index contributed by atoms with van der Waals surface area (Å²) in [5.74, 6) is 1.60. The molecule has 0 radical (unpaired) electrons. The molecule has 0 aliphatic carbocycles. The molecule has 196 valence electrons. The summed E-state index contributed by atoms with van der Waals surface area (Å²) < 4.78 is 24.1. The first-order chi connectivity index (χ1) is 16.9. The van der Waals surface area contributed by atoms with Gasteiger partial charge in [0.05, 0.1) is 18.6 Å². The Kier molecular flexibility index (Phi) is 7.94. The Bertz CT molecular complexity index is 1150. The number of carbonyl (C=O) groups is 1. The van der Waals surface area contributed by atoms with Crippen molar-refractivity contribution in [3.8, 4) is 23.0 Å². The number of rotatable bonds is 10. The van der Waals surface area contributed by atoms with Crippen LogP contribution in [0.25, 0.3) is 0 Å². The number of hydrogen-bond acceptors (Lipinski definition) is 6. The molecule has 1 aliphatic rings. The van der Waals surface area contributed by atoms with Gasteiger partial charge in [0.25, 0.3) is 0 Å². The van der Waals surface area contributed by atoms with Crippen LogP contribution in [0.4, 0.5) is 0 Å². The lowest BCUT2D eigenvalue weighted by Crippen LogP contribution is -2.42. The molecule has 2 atom stereocenters. The molecule has 0 saturated heterocycles. The fraction of sp³-hybridized carbons (Fsp3) is 0.483. The molecular formula is C29H38O7. The summed E-state index contributed by atoms with van der Waals surface area (Å²) in [5, 5.41) is 20.1. The van der Waals surface area contributed by atoms with Gasteiger partial charge < -0.3 is 29.2 Å². The molecule has 0 fully saturated rings. The van der Waals surface area contributed by atoms with E-state index in [-0.39, 0.29) is 6.61 Å². The van der Waals surface area contributed by atoms with Crippen molar-refractivity contribution < 1.29 is 34.0 Å². The molecule has 0 bridgehead atoms. The van der Waals surface area contributed by atoms with Crippen molar-refractivity contribution in [2.45, 2.75) is 66.1 Å². The summed E-state index contributed by atoms with van der Waals surface area (Å²) >= 11 is 0. The molecular weight excluding hydrogens is 460 g/mol. The summed E-state index contributed by atoms with van der Waals surface area (Å²) in [4.78, 5) is 11.5. The van der Waals surface area contributed by atoms with Gasteiger partial charge in [0.2, 0.25) is 0 Å². The normalized spacial score (nSPS) is 18.0. The summed E-state index contributed by atoms with van der Waals surface area (Å²) in [6.45, 7) is 15.6. The number of ether oxygens (including phenoxy) is 4. The van der Waals surface area contributed by atoms with Crippen LogP contribution in [0.15, 0.2) is 30.9 Å². The maximum Gasteiger partial charge on any atom is 0.312 e. The lowest BCUT2D eigenvalue weighted by molar-refractivity contribution is -0.153. The molecule has 0 saturated carbocycles. The third-order valence-corrected chi connectivity index (χ3v) is 7.18. The highest BCUT2D eigenvalue weighted by Crippen LogP contribution is 2.44. The second kappa shape index (κ2) is 10.4. The van der Waals surface area contributed by atoms with E-state index in [1.54, 1.807) is 24.3 Å². The molecule has 1 aliphatic heterocycles. The smallest absolute Gasteiger partial charge is 0.312 e. The predicted octanol–water partition coefficient (Wildman–Crippen LogP) is 5.49. The minimum atomic E-state index is -1.35. The van der Waals surface area contributed by atoms with E-state index in [2.05, 4.69) is 13.5 Å². The Morgan fingerprint density at radius 2 is 1.89 bits per heavy atom. The van der Waals surface area contributed by atoms with E-state index in [1.165, 1.54) is 21.0 Å². The molecule has 1 heterocycles. The van der Waals surface area contributed by atoms with Crippen molar-refractivity contribution in [3.05, 3.63) is 58.7 Å². The summed E-state index contributed by atoms with van der Waals surface area (Å²) in [5.41, 5.74) is 2.89. The van der Waals surface area contributed by atoms with Gasteiger partial charge in [-0.05, 0) is 88.8 Å². The van der Waals surface area contributed by atoms with Gasteiger partial charge in [-0.2, -0.15) is 0 Å². The van der Waals surface area contributed by atoms with Crippen molar-refractivity contribution in [1.82, 2.24) is 0 Å². The van der Waals surface area contributed by atoms with E-state index < -0.39 is 23.1 Å². The Balaban J connectivity index is 1.81. The lowest BCUT2D eigenvalue weighted by Gasteiger charge is -2.38. The molecule has 7 heteroatoms. The van der Waals surface area contributed by atoms with Gasteiger partial charge in [-0.25, -0.2) is 0 Å². The van der Waals surface area contributed by atoms with E-state index in [9.17, 15) is 15.0 Å². The number of methoxy groups -OCH3 is 1. The van der Waals surface area contributed by atoms with E-state index in [0.29, 0.717) is 23.7 Å². The molecule has 0 aromatic heterocycles. The Morgan fingerprint density at radius 1 is 1.19 bits per heavy atom. The second-order valence-electron chi connectivity index (χ2n) is 10.3. The quantitative estimate of drug-likeness (QED) is 0.418. The van der Waals surface area contributed by atoms with Gasteiger partial charge in [0.1, 0.15) is 30.3 Å². The van der Waals surface area contributed by atoms with Crippen LogP contribution in [0.3, 0.4) is 0 Å². The van der Waals surface area contributed by atoms with Crippen LogP contribution in [0.2, 0.25) is 0 Å². The number of carboxylic acids is 1. The summed E-state index contributed by atoms with van der Waals surface area (Å²) in [6.07, 6.45) is 2.13. The molecule has 7 nitrogen and oxygen atoms in total. The van der Waals surface area contributed by atoms with Gasteiger partial charge in [0, 0.05) is 5.56 Å². The minimum Gasteiger partial charge on any atom is -0.493 e. The first kappa shape index (κ1) is 27.4. The first-order valence-electron chi connectivity index (χ1n) is 12.1. The maximum atomic E-state index is 11.5. The lowest BCUT2D eigenvalue weighted by atomic mass is 9.82. The van der Waals surface area contributed by atoms with Gasteiger partial charge in [-0.3, -0.25) is 4.79 Å². The third-order valence-electron chi connectivity index (χ3n) is 7.18. The molecule has 2 aromatic rings. The van der Waals surface area contributed by atoms with Crippen LogP contribution < -0.4 is 18.9 Å². The van der Waals surface area contributed by atoms with Crippen LogP contribution in [0.1, 0.15) is 61.1 Å². The largest absolute Gasteiger partial charge is 0.493 e. The fourth-order valence-electron chi connectivity index (χ4n) is 4.48. The fourth-order valence-corrected chi connectivity index (χ4v) is 4.48. The van der Waals surface area contributed by atoms with Crippen LogP contribution in [-0.4, -0.2) is 42.1 Å². The number of aliphatic carboxylic acids is 1. The van der Waals surface area contributed by atoms with Gasteiger partial charge >= 0.3 is 5.97 Å². The minimum absolute atomic E-state index is 0.289. The monoisotopic (exact) mass is 498 g/mol. The van der Waals surface area contributed by atoms with E-state index in [1.807, 2.05) is 20.8 Å². The molecule has 2 unspecified atom stereocenters. The van der Waals surface area contributed by atoms with Crippen molar-refractivity contribution >= 4 is 5.97 Å². The number of carboxylic acid groups (broad SMARTS) is 1. The van der Waals surface area contributed by atoms with Crippen molar-refractivity contribution in [2.24, 2.45) is 5.41 Å². The Labute approximate surface area is 213 Å². The number of fused-ring (bicyclic) bond motifs is 1. The van der Waals surface area contributed by atoms with Crippen LogP contribution in [-0.2, 0) is 11.2 Å². The predicted molar refractivity (Wildman–Crippen MR) is 139 cm³/mol. The van der Waals surface area contributed by atoms with E-state index in [0.717, 1.165) is 46.6 Å². The van der Waals surface area contributed by atoms with Gasteiger partial charge in [-0.15, -0.1) is 0 Å². The molecule has 2 N–H and O–H groups in total. The number of benzene rings is 2. The highest BCUT2D eigenvalue weighted by Gasteiger charge is 2.38. The average molecular weight is 499 g/mol. The van der Waals surface area contributed by atoms with E-state index in [4.69, 9.17) is 18.9 Å². The Hall–Kier alpha value is -3.19.